The fraction of sp³-hybridized carbons (Fsp3) is 0.500. The number of benzene rings is 1. The maximum Gasteiger partial charge on any atom is 0.330 e. The van der Waals surface area contributed by atoms with E-state index >= 15 is 0 Å². The monoisotopic (exact) mass is 461 g/mol. The molecule has 1 aliphatic heterocycles. The minimum absolute atomic E-state index is 0.0204. The van der Waals surface area contributed by atoms with Gasteiger partial charge < -0.3 is 13.8 Å². The van der Waals surface area contributed by atoms with Gasteiger partial charge in [-0.05, 0) is 43.9 Å². The molecule has 0 fully saturated rings. The molecule has 1 aliphatic rings. The summed E-state index contributed by atoms with van der Waals surface area (Å²) in [6.07, 6.45) is 2.26. The fourth-order valence-corrected chi connectivity index (χ4v) is 5.10. The first-order valence-electron chi connectivity index (χ1n) is 9.52. The molecule has 0 bridgehead atoms. The van der Waals surface area contributed by atoms with Gasteiger partial charge in [0.05, 0.1) is 29.4 Å². The van der Waals surface area contributed by atoms with E-state index in [4.69, 9.17) is 37.0 Å². The molecule has 2 rings (SSSR count). The minimum atomic E-state index is -3.15. The Morgan fingerprint density at radius 3 is 2.24 bits per heavy atom. The van der Waals surface area contributed by atoms with Crippen molar-refractivity contribution in [2.24, 2.45) is 10.9 Å². The van der Waals surface area contributed by atoms with Gasteiger partial charge in [0, 0.05) is 11.6 Å². The van der Waals surface area contributed by atoms with Crippen molar-refractivity contribution in [1.29, 1.82) is 0 Å². The molecule has 0 saturated carbocycles. The smallest absolute Gasteiger partial charge is 0.330 e. The summed E-state index contributed by atoms with van der Waals surface area (Å²) in [7, 11) is -3.15. The van der Waals surface area contributed by atoms with E-state index in [2.05, 4.69) is 4.99 Å². The van der Waals surface area contributed by atoms with Crippen molar-refractivity contribution in [2.75, 3.05) is 25.9 Å². The van der Waals surface area contributed by atoms with Crippen LogP contribution in [0, 0.1) is 5.92 Å². The van der Waals surface area contributed by atoms with E-state index in [1.54, 1.807) is 32.1 Å². The highest BCUT2D eigenvalue weighted by molar-refractivity contribution is 7.53. The van der Waals surface area contributed by atoms with Crippen molar-refractivity contribution in [3.8, 4) is 5.75 Å². The van der Waals surface area contributed by atoms with Gasteiger partial charge in [0.2, 0.25) is 5.90 Å². The number of aryl methyl sites for hydroxylation is 1. The highest BCUT2D eigenvalue weighted by Crippen LogP contribution is 2.48. The number of Topliss-reactive ketones (excluding diaryl/α,β-unsaturated/α-hetero) is 1. The van der Waals surface area contributed by atoms with Crippen LogP contribution in [0.5, 0.6) is 5.75 Å². The van der Waals surface area contributed by atoms with Gasteiger partial charge in [0.15, 0.2) is 11.5 Å². The number of dihydropyridines is 1. The summed E-state index contributed by atoms with van der Waals surface area (Å²) in [4.78, 5) is 16.1. The standard InChI is InChI=1S/C20H26Cl2NO5P/c1-5-26-29(25,27-6-2)8-7-14-9-16(21)20(17(22)10-14)28-19-11-15(13(3)4)18(24)12-23-19/h9-11,13H,5-8,12H2,1-4H3. The van der Waals surface area contributed by atoms with Gasteiger partial charge in [-0.15, -0.1) is 0 Å². The lowest BCUT2D eigenvalue weighted by Crippen LogP contribution is -2.22. The number of ether oxygens (including phenoxy) is 1. The average Bonchev–Trinajstić information content (AvgIpc) is 2.64. The van der Waals surface area contributed by atoms with Gasteiger partial charge in [-0.25, -0.2) is 4.99 Å². The summed E-state index contributed by atoms with van der Waals surface area (Å²) in [5, 5.41) is 0.600. The maximum absolute atomic E-state index is 12.6. The predicted octanol–water partition coefficient (Wildman–Crippen LogP) is 5.74. The minimum Gasteiger partial charge on any atom is -0.436 e. The molecule has 0 N–H and O–H groups in total. The van der Waals surface area contributed by atoms with E-state index in [0.29, 0.717) is 41.2 Å². The number of rotatable bonds is 9. The second-order valence-electron chi connectivity index (χ2n) is 6.74. The number of hydrogen-bond acceptors (Lipinski definition) is 6. The molecule has 6 nitrogen and oxygen atoms in total. The van der Waals surface area contributed by atoms with E-state index < -0.39 is 7.60 Å². The summed E-state index contributed by atoms with van der Waals surface area (Å²) in [5.74, 6) is 0.605. The molecule has 1 aromatic carbocycles. The molecule has 160 valence electrons. The third kappa shape index (κ3) is 6.66. The van der Waals surface area contributed by atoms with E-state index in [0.717, 1.165) is 5.56 Å². The number of carbonyl (C=O) groups excluding carboxylic acids is 1. The number of hydrogen-bond donors (Lipinski definition) is 0. The van der Waals surface area contributed by atoms with Crippen molar-refractivity contribution in [2.45, 2.75) is 34.1 Å². The molecular formula is C20H26Cl2NO5P. The van der Waals surface area contributed by atoms with Crippen molar-refractivity contribution >= 4 is 42.5 Å². The van der Waals surface area contributed by atoms with E-state index in [-0.39, 0.29) is 30.2 Å². The van der Waals surface area contributed by atoms with Gasteiger partial charge in [0.25, 0.3) is 0 Å². The molecule has 1 heterocycles. The van der Waals surface area contributed by atoms with E-state index in [1.165, 1.54) is 0 Å². The van der Waals surface area contributed by atoms with Gasteiger partial charge in [-0.2, -0.15) is 0 Å². The maximum atomic E-state index is 12.6. The summed E-state index contributed by atoms with van der Waals surface area (Å²) in [6, 6.07) is 3.40. The fourth-order valence-electron chi connectivity index (χ4n) is 2.84. The molecular weight excluding hydrogens is 436 g/mol. The Kier molecular flexibility index (Phi) is 8.92. The molecule has 0 radical (unpaired) electrons. The first-order valence-corrected chi connectivity index (χ1v) is 12.0. The Balaban J connectivity index is 2.16. The molecule has 0 atom stereocenters. The molecule has 0 aromatic heterocycles. The van der Waals surface area contributed by atoms with Crippen LogP contribution in [0.2, 0.25) is 10.0 Å². The molecule has 0 amide bonds. The van der Waals surface area contributed by atoms with Crippen LogP contribution in [-0.2, 0) is 24.8 Å². The Morgan fingerprint density at radius 1 is 1.14 bits per heavy atom. The number of nitrogens with zero attached hydrogens (tertiary/aromatic N) is 1. The van der Waals surface area contributed by atoms with Crippen LogP contribution in [0.1, 0.15) is 33.3 Å². The molecule has 1 aromatic rings. The SMILES string of the molecule is CCOP(=O)(CCc1cc(Cl)c(OC2=NCC(=O)C(C(C)C)=C2)c(Cl)c1)OCC. The lowest BCUT2D eigenvalue weighted by molar-refractivity contribution is -0.114. The summed E-state index contributed by atoms with van der Waals surface area (Å²) in [6.45, 7) is 8.06. The number of ketones is 1. The molecule has 29 heavy (non-hydrogen) atoms. The molecule has 0 unspecified atom stereocenters. The average molecular weight is 462 g/mol. The van der Waals surface area contributed by atoms with Crippen LogP contribution >= 0.6 is 30.8 Å². The Labute approximate surface area is 181 Å². The highest BCUT2D eigenvalue weighted by Gasteiger charge is 2.24. The lowest BCUT2D eigenvalue weighted by atomic mass is 9.97. The number of halogens is 2. The van der Waals surface area contributed by atoms with Crippen LogP contribution in [-0.4, -0.2) is 37.6 Å². The molecule has 9 heteroatoms. The normalized spacial score (nSPS) is 14.8. The number of carbonyl (C=O) groups is 1. The summed E-state index contributed by atoms with van der Waals surface area (Å²) >= 11 is 12.7. The largest absolute Gasteiger partial charge is 0.436 e. The Bertz CT molecular complexity index is 833. The van der Waals surface area contributed by atoms with Crippen LogP contribution in [0.3, 0.4) is 0 Å². The van der Waals surface area contributed by atoms with Crippen molar-refractivity contribution in [3.63, 3.8) is 0 Å². The first-order chi connectivity index (χ1) is 13.7. The second kappa shape index (κ2) is 10.7. The lowest BCUT2D eigenvalue weighted by Gasteiger charge is -2.18. The zero-order chi connectivity index (χ0) is 21.6. The topological polar surface area (TPSA) is 74.2 Å². The van der Waals surface area contributed by atoms with E-state index in [1.807, 2.05) is 13.8 Å². The summed E-state index contributed by atoms with van der Waals surface area (Å²) < 4.78 is 29.0. The third-order valence-corrected chi connectivity index (χ3v) is 6.83. The van der Waals surface area contributed by atoms with Gasteiger partial charge in [0.1, 0.15) is 6.54 Å². The quantitative estimate of drug-likeness (QED) is 0.438. The van der Waals surface area contributed by atoms with Crippen LogP contribution < -0.4 is 4.74 Å². The second-order valence-corrected chi connectivity index (χ2v) is 9.74. The van der Waals surface area contributed by atoms with E-state index in [9.17, 15) is 9.36 Å². The van der Waals surface area contributed by atoms with Crippen molar-refractivity contribution in [3.05, 3.63) is 39.4 Å². The van der Waals surface area contributed by atoms with Gasteiger partial charge >= 0.3 is 7.60 Å². The van der Waals surface area contributed by atoms with Crippen LogP contribution in [0.25, 0.3) is 0 Å². The van der Waals surface area contributed by atoms with Gasteiger partial charge in [-0.1, -0.05) is 37.0 Å². The highest BCUT2D eigenvalue weighted by atomic mass is 35.5. The van der Waals surface area contributed by atoms with Crippen LogP contribution in [0.15, 0.2) is 28.8 Å². The van der Waals surface area contributed by atoms with Crippen molar-refractivity contribution in [1.82, 2.24) is 0 Å². The zero-order valence-electron chi connectivity index (χ0n) is 17.0. The Morgan fingerprint density at radius 2 is 1.72 bits per heavy atom. The molecule has 0 spiro atoms. The zero-order valence-corrected chi connectivity index (χ0v) is 19.4. The number of aliphatic imine (C=N–C) groups is 1. The van der Waals surface area contributed by atoms with Crippen molar-refractivity contribution < 1.29 is 23.1 Å². The molecule has 0 saturated heterocycles. The first kappa shape index (κ1) is 24.1. The predicted molar refractivity (Wildman–Crippen MR) is 117 cm³/mol. The van der Waals surface area contributed by atoms with Gasteiger partial charge in [-0.3, -0.25) is 9.36 Å². The third-order valence-electron chi connectivity index (χ3n) is 4.19. The van der Waals surface area contributed by atoms with Crippen LogP contribution in [0.4, 0.5) is 0 Å². The summed E-state index contributed by atoms with van der Waals surface area (Å²) in [5.41, 5.74) is 1.44. The Hall–Kier alpha value is -1.17. The molecule has 0 aliphatic carbocycles.